The van der Waals surface area contributed by atoms with Gasteiger partial charge in [-0.15, -0.1) is 0 Å². The molecule has 0 aliphatic carbocycles. The van der Waals surface area contributed by atoms with Gasteiger partial charge in [0.1, 0.15) is 11.6 Å². The summed E-state index contributed by atoms with van der Waals surface area (Å²) < 4.78 is 26.8. The highest BCUT2D eigenvalue weighted by atomic mass is 19.1. The number of hydrogen-bond acceptors (Lipinski definition) is 3. The second-order valence-corrected chi connectivity index (χ2v) is 4.97. The van der Waals surface area contributed by atoms with Gasteiger partial charge in [-0.2, -0.15) is 5.10 Å². The molecule has 0 fully saturated rings. The molecule has 0 bridgehead atoms. The van der Waals surface area contributed by atoms with E-state index in [1.54, 1.807) is 24.3 Å². The molecule has 3 rings (SSSR count). The lowest BCUT2D eigenvalue weighted by Crippen LogP contribution is -2.14. The van der Waals surface area contributed by atoms with Gasteiger partial charge in [0.05, 0.1) is 11.3 Å². The van der Waals surface area contributed by atoms with Crippen molar-refractivity contribution in [2.24, 2.45) is 0 Å². The topological polar surface area (TPSA) is 74.8 Å². The van der Waals surface area contributed by atoms with Crippen LogP contribution in [0.15, 0.2) is 59.4 Å². The molecule has 0 unspecified atom stereocenters. The molecule has 2 N–H and O–H groups in total. The molecule has 7 heteroatoms. The first-order valence-corrected chi connectivity index (χ1v) is 6.95. The number of aromatic amines is 1. The van der Waals surface area contributed by atoms with E-state index in [0.29, 0.717) is 16.9 Å². The third kappa shape index (κ3) is 3.35. The Morgan fingerprint density at radius 3 is 2.62 bits per heavy atom. The van der Waals surface area contributed by atoms with Gasteiger partial charge in [0.2, 0.25) is 0 Å². The number of aromatic nitrogens is 2. The summed E-state index contributed by atoms with van der Waals surface area (Å²) in [4.78, 5) is 23.1. The van der Waals surface area contributed by atoms with E-state index in [2.05, 4.69) is 15.5 Å². The number of carbonyl (C=O) groups excluding carboxylic acids is 1. The Morgan fingerprint density at radius 2 is 1.88 bits per heavy atom. The van der Waals surface area contributed by atoms with Crippen molar-refractivity contribution < 1.29 is 13.6 Å². The first-order valence-electron chi connectivity index (χ1n) is 6.95. The first-order chi connectivity index (χ1) is 11.5. The summed E-state index contributed by atoms with van der Waals surface area (Å²) >= 11 is 0. The molecule has 0 spiro atoms. The standard InChI is InChI=1S/C17H11F2N3O2/c18-11-4-5-14(19)13(9-11)17(24)20-12-3-1-2-10(8-12)15-6-7-16(23)22-21-15/h1-9H,(H,20,24)(H,22,23). The molecule has 0 saturated carbocycles. The highest BCUT2D eigenvalue weighted by molar-refractivity contribution is 6.04. The van der Waals surface area contributed by atoms with Gasteiger partial charge in [0.15, 0.2) is 0 Å². The minimum atomic E-state index is -0.813. The molecule has 1 amide bonds. The average molecular weight is 327 g/mol. The number of nitrogens with zero attached hydrogens (tertiary/aromatic N) is 1. The Kier molecular flexibility index (Phi) is 4.15. The maximum Gasteiger partial charge on any atom is 0.264 e. The van der Waals surface area contributed by atoms with Crippen molar-refractivity contribution in [3.05, 3.63) is 82.1 Å². The summed E-state index contributed by atoms with van der Waals surface area (Å²) in [6.07, 6.45) is 0. The van der Waals surface area contributed by atoms with E-state index in [0.717, 1.165) is 18.2 Å². The van der Waals surface area contributed by atoms with E-state index in [1.807, 2.05) is 0 Å². The van der Waals surface area contributed by atoms with Crippen LogP contribution in [0.3, 0.4) is 0 Å². The largest absolute Gasteiger partial charge is 0.322 e. The summed E-state index contributed by atoms with van der Waals surface area (Å²) in [5, 5.41) is 8.71. The molecule has 2 aromatic carbocycles. The van der Waals surface area contributed by atoms with Gasteiger partial charge < -0.3 is 5.32 Å². The van der Waals surface area contributed by atoms with Gasteiger partial charge in [-0.3, -0.25) is 9.59 Å². The van der Waals surface area contributed by atoms with Crippen molar-refractivity contribution >= 4 is 11.6 Å². The van der Waals surface area contributed by atoms with Crippen LogP contribution in [-0.2, 0) is 0 Å². The van der Waals surface area contributed by atoms with Crippen LogP contribution in [0.25, 0.3) is 11.3 Å². The molecule has 0 saturated heterocycles. The van der Waals surface area contributed by atoms with Crippen molar-refractivity contribution in [2.45, 2.75) is 0 Å². The SMILES string of the molecule is O=C(Nc1cccc(-c2ccc(=O)[nH]n2)c1)c1cc(F)ccc1F. The number of anilines is 1. The molecule has 0 radical (unpaired) electrons. The lowest BCUT2D eigenvalue weighted by atomic mass is 10.1. The van der Waals surface area contributed by atoms with E-state index in [4.69, 9.17) is 0 Å². The summed E-state index contributed by atoms with van der Waals surface area (Å²) in [5.74, 6) is -2.28. The van der Waals surface area contributed by atoms with E-state index in [1.165, 1.54) is 12.1 Å². The number of hydrogen-bond donors (Lipinski definition) is 2. The molecular weight excluding hydrogens is 316 g/mol. The van der Waals surface area contributed by atoms with Crippen LogP contribution >= 0.6 is 0 Å². The molecule has 0 atom stereocenters. The maximum absolute atomic E-state index is 13.6. The van der Waals surface area contributed by atoms with E-state index in [9.17, 15) is 18.4 Å². The summed E-state index contributed by atoms with van der Waals surface area (Å²) in [5.41, 5.74) is 0.813. The first kappa shape index (κ1) is 15.5. The van der Waals surface area contributed by atoms with Crippen molar-refractivity contribution in [3.8, 4) is 11.3 Å². The molecule has 0 aliphatic heterocycles. The van der Waals surface area contributed by atoms with E-state index >= 15 is 0 Å². The highest BCUT2D eigenvalue weighted by Crippen LogP contribution is 2.20. The van der Waals surface area contributed by atoms with Crippen LogP contribution in [0.5, 0.6) is 0 Å². The normalized spacial score (nSPS) is 10.4. The zero-order valence-corrected chi connectivity index (χ0v) is 12.2. The summed E-state index contributed by atoms with van der Waals surface area (Å²) in [6.45, 7) is 0. The van der Waals surface area contributed by atoms with Gasteiger partial charge in [0, 0.05) is 17.3 Å². The third-order valence-corrected chi connectivity index (χ3v) is 3.27. The minimum absolute atomic E-state index is 0.329. The second kappa shape index (κ2) is 6.41. The van der Waals surface area contributed by atoms with E-state index < -0.39 is 17.5 Å². The smallest absolute Gasteiger partial charge is 0.264 e. The third-order valence-electron chi connectivity index (χ3n) is 3.27. The van der Waals surface area contributed by atoms with Crippen molar-refractivity contribution in [2.75, 3.05) is 5.32 Å². The number of benzene rings is 2. The molecule has 24 heavy (non-hydrogen) atoms. The van der Waals surface area contributed by atoms with Gasteiger partial charge in [-0.1, -0.05) is 12.1 Å². The lowest BCUT2D eigenvalue weighted by molar-refractivity contribution is 0.102. The van der Waals surface area contributed by atoms with Crippen LogP contribution in [-0.4, -0.2) is 16.1 Å². The Labute approximate surface area is 135 Å². The Hall–Kier alpha value is -3.35. The number of H-pyrrole nitrogens is 1. The Balaban J connectivity index is 1.87. The summed E-state index contributed by atoms with van der Waals surface area (Å²) in [7, 11) is 0. The molecule has 3 aromatic rings. The van der Waals surface area contributed by atoms with Gasteiger partial charge in [0.25, 0.3) is 11.5 Å². The van der Waals surface area contributed by atoms with Crippen LogP contribution in [0.2, 0.25) is 0 Å². The van der Waals surface area contributed by atoms with Gasteiger partial charge in [-0.25, -0.2) is 13.9 Å². The fraction of sp³-hybridized carbons (Fsp3) is 0. The van der Waals surface area contributed by atoms with Crippen molar-refractivity contribution in [1.29, 1.82) is 0 Å². The predicted molar refractivity (Wildman–Crippen MR) is 84.6 cm³/mol. The van der Waals surface area contributed by atoms with E-state index in [-0.39, 0.29) is 11.1 Å². The number of amides is 1. The Morgan fingerprint density at radius 1 is 1.04 bits per heavy atom. The zero-order valence-electron chi connectivity index (χ0n) is 12.2. The van der Waals surface area contributed by atoms with Crippen LogP contribution in [0.1, 0.15) is 10.4 Å². The Bertz CT molecular complexity index is 950. The highest BCUT2D eigenvalue weighted by Gasteiger charge is 2.13. The van der Waals surface area contributed by atoms with Gasteiger partial charge >= 0.3 is 0 Å². The van der Waals surface area contributed by atoms with Crippen molar-refractivity contribution in [3.63, 3.8) is 0 Å². The quantitative estimate of drug-likeness (QED) is 0.776. The van der Waals surface area contributed by atoms with Gasteiger partial charge in [-0.05, 0) is 36.4 Å². The molecule has 5 nitrogen and oxygen atoms in total. The fourth-order valence-corrected chi connectivity index (χ4v) is 2.13. The monoisotopic (exact) mass is 327 g/mol. The maximum atomic E-state index is 13.6. The van der Waals surface area contributed by atoms with Crippen LogP contribution in [0.4, 0.5) is 14.5 Å². The van der Waals surface area contributed by atoms with Crippen molar-refractivity contribution in [1.82, 2.24) is 10.2 Å². The lowest BCUT2D eigenvalue weighted by Gasteiger charge is -2.08. The predicted octanol–water partition coefficient (Wildman–Crippen LogP) is 2.97. The number of carbonyl (C=O) groups is 1. The number of halogens is 2. The fourth-order valence-electron chi connectivity index (χ4n) is 2.13. The molecular formula is C17H11F2N3O2. The average Bonchev–Trinajstić information content (AvgIpc) is 2.58. The van der Waals surface area contributed by atoms with Crippen LogP contribution < -0.4 is 10.9 Å². The number of nitrogens with one attached hydrogen (secondary N) is 2. The zero-order chi connectivity index (χ0) is 17.1. The summed E-state index contributed by atoms with van der Waals surface area (Å²) in [6, 6.07) is 12.1. The molecule has 0 aliphatic rings. The molecule has 1 aromatic heterocycles. The van der Waals surface area contributed by atoms with Crippen LogP contribution in [0, 0.1) is 11.6 Å². The number of rotatable bonds is 3. The molecule has 1 heterocycles. The molecule has 120 valence electrons. The minimum Gasteiger partial charge on any atom is -0.322 e. The second-order valence-electron chi connectivity index (χ2n) is 4.97.